The van der Waals surface area contributed by atoms with Crippen LogP contribution in [0.3, 0.4) is 0 Å². The van der Waals surface area contributed by atoms with E-state index in [0.717, 1.165) is 76.3 Å². The van der Waals surface area contributed by atoms with Crippen molar-refractivity contribution in [1.29, 1.82) is 0 Å². The number of nitrogens with two attached hydrogens (primary N) is 1. The predicted molar refractivity (Wildman–Crippen MR) is 272 cm³/mol. The first kappa shape index (κ1) is 49.3. The van der Waals surface area contributed by atoms with Gasteiger partial charge in [-0.3, -0.25) is 4.98 Å². The fraction of sp³-hybridized carbons (Fsp3) is 0.596. The van der Waals surface area contributed by atoms with Gasteiger partial charge in [0.05, 0.1) is 39.4 Å². The number of nitrogens with one attached hydrogen (secondary N) is 4. The molecule has 0 radical (unpaired) electrons. The van der Waals surface area contributed by atoms with E-state index < -0.39 is 0 Å². The molecule has 0 saturated heterocycles. The lowest BCUT2D eigenvalue weighted by Gasteiger charge is -2.26. The molecule has 4 fully saturated rings. The molecule has 0 aromatic carbocycles. The number of aryl methyl sites for hydroxylation is 3. The van der Waals surface area contributed by atoms with E-state index >= 15 is 0 Å². The van der Waals surface area contributed by atoms with Crippen molar-refractivity contribution in [2.24, 2.45) is 5.92 Å². The zero-order valence-electron chi connectivity index (χ0n) is 41.5. The van der Waals surface area contributed by atoms with Gasteiger partial charge in [0.15, 0.2) is 17.5 Å². The molecule has 17 heteroatoms. The average molecular weight is 943 g/mol. The summed E-state index contributed by atoms with van der Waals surface area (Å²) in [4.78, 5) is 26.7. The van der Waals surface area contributed by atoms with Crippen LogP contribution in [0.4, 0.5) is 28.7 Å². The molecular weight excluding hydrogens is 869 g/mol. The number of rotatable bonds is 15. The lowest BCUT2D eigenvalue weighted by Crippen LogP contribution is -2.25. The molecule has 6 aromatic rings. The van der Waals surface area contributed by atoms with Gasteiger partial charge in [-0.25, -0.2) is 9.97 Å². The van der Waals surface area contributed by atoms with Gasteiger partial charge in [0.25, 0.3) is 17.7 Å². The maximum atomic E-state index is 6.13. The summed E-state index contributed by atoms with van der Waals surface area (Å²) in [6, 6.07) is 8.07. The summed E-state index contributed by atoms with van der Waals surface area (Å²) in [5, 5.41) is 26.1. The normalized spacial score (nSPS) is 17.0. The Kier molecular flexibility index (Phi) is 17.5. The smallest absolute Gasteiger partial charge is 0.259 e. The molecular formula is C52H74N14O3. The molecule has 0 bridgehead atoms. The van der Waals surface area contributed by atoms with Crippen LogP contribution < -0.4 is 27.0 Å². The van der Waals surface area contributed by atoms with Crippen LogP contribution in [0.5, 0.6) is 0 Å². The van der Waals surface area contributed by atoms with Gasteiger partial charge >= 0.3 is 0 Å². The van der Waals surface area contributed by atoms with Gasteiger partial charge in [0.1, 0.15) is 11.6 Å². The van der Waals surface area contributed by atoms with E-state index in [0.29, 0.717) is 59.3 Å². The van der Waals surface area contributed by atoms with Gasteiger partial charge in [-0.1, -0.05) is 106 Å². The highest BCUT2D eigenvalue weighted by molar-refractivity contribution is 5.72. The first-order valence-corrected chi connectivity index (χ1v) is 25.9. The standard InChI is InChI=1S/C19H29N5O.C18H25N5O.C15H20N4O/c1-4-15(5-2)22-17-11-14(19-21-13(3)24-25-19)12-20-18(17)23-16-9-7-6-8-10-16;1-12-20-18(24-23-12)13-10-16(21-14-6-2-3-7-14)17(19-11-13)22-15-8-4-5-9-15;1-10-18-15(20-19-10)12-8-13(16)14(17-9-12)7-11-5-3-2-4-6-11/h11-12,15-16,22H,4-10H2,1-3H3,(H,20,23);10-11,14-15,21H,2-9H2,1H3,(H,19,22);8-9,11H,2-7,16H2,1H3. The Hall–Kier alpha value is -6.13. The Labute approximate surface area is 407 Å². The van der Waals surface area contributed by atoms with Crippen LogP contribution in [0.25, 0.3) is 34.4 Å². The van der Waals surface area contributed by atoms with E-state index in [1.807, 2.05) is 32.3 Å². The lowest BCUT2D eigenvalue weighted by molar-refractivity contribution is 0.354. The van der Waals surface area contributed by atoms with Gasteiger partial charge in [0.2, 0.25) is 0 Å². The van der Waals surface area contributed by atoms with E-state index in [4.69, 9.17) is 19.3 Å². The fourth-order valence-corrected chi connectivity index (χ4v) is 10.0. The van der Waals surface area contributed by atoms with E-state index in [1.165, 1.54) is 116 Å². The Balaban J connectivity index is 0.000000140. The molecule has 6 aromatic heterocycles. The first-order chi connectivity index (χ1) is 33.7. The molecule has 0 amide bonds. The van der Waals surface area contributed by atoms with Crippen molar-refractivity contribution in [1.82, 2.24) is 45.4 Å². The van der Waals surface area contributed by atoms with Gasteiger partial charge in [-0.05, 0) is 103 Å². The Morgan fingerprint density at radius 3 is 1.38 bits per heavy atom. The topological polar surface area (TPSA) is 230 Å². The third kappa shape index (κ3) is 14.0. The van der Waals surface area contributed by atoms with E-state index in [1.54, 1.807) is 13.1 Å². The molecule has 4 aliphatic rings. The minimum absolute atomic E-state index is 0.424. The number of aromatic nitrogens is 9. The van der Waals surface area contributed by atoms with Crippen molar-refractivity contribution in [2.75, 3.05) is 27.0 Å². The Morgan fingerprint density at radius 2 is 0.928 bits per heavy atom. The second-order valence-corrected chi connectivity index (χ2v) is 19.5. The number of hydrogen-bond acceptors (Lipinski definition) is 17. The highest BCUT2D eigenvalue weighted by Crippen LogP contribution is 2.34. The molecule has 370 valence electrons. The summed E-state index contributed by atoms with van der Waals surface area (Å²) in [5.74, 6) is 6.03. The van der Waals surface area contributed by atoms with Crippen LogP contribution >= 0.6 is 0 Å². The maximum absolute atomic E-state index is 6.13. The van der Waals surface area contributed by atoms with Crippen molar-refractivity contribution in [2.45, 2.75) is 194 Å². The third-order valence-electron chi connectivity index (χ3n) is 14.0. The van der Waals surface area contributed by atoms with Crippen LogP contribution in [0.15, 0.2) is 50.4 Å². The number of hydrogen-bond donors (Lipinski definition) is 5. The molecule has 4 saturated carbocycles. The monoisotopic (exact) mass is 943 g/mol. The van der Waals surface area contributed by atoms with Crippen molar-refractivity contribution in [3.05, 3.63) is 60.0 Å². The van der Waals surface area contributed by atoms with Crippen LogP contribution in [-0.2, 0) is 6.42 Å². The first-order valence-electron chi connectivity index (χ1n) is 25.9. The molecule has 6 N–H and O–H groups in total. The number of nitrogen functional groups attached to an aromatic ring is 1. The van der Waals surface area contributed by atoms with Gasteiger partial charge in [-0.15, -0.1) is 0 Å². The fourth-order valence-electron chi connectivity index (χ4n) is 10.0. The van der Waals surface area contributed by atoms with Crippen LogP contribution in [0.2, 0.25) is 0 Å². The zero-order chi connectivity index (χ0) is 48.0. The summed E-state index contributed by atoms with van der Waals surface area (Å²) in [7, 11) is 0. The SMILES string of the molecule is CCC(CC)Nc1cc(-c2nc(C)no2)cnc1NC1CCCCC1.Cc1noc(-c2cnc(CC3CCCCC3)c(N)c2)n1.Cc1noc(-c2cnc(NC3CCCC3)c(NC3CCCC3)c2)n1. The molecule has 10 rings (SSSR count). The summed E-state index contributed by atoms with van der Waals surface area (Å²) in [6.07, 6.45) is 31.7. The largest absolute Gasteiger partial charge is 0.397 e. The Bertz CT molecular complexity index is 2490. The minimum Gasteiger partial charge on any atom is -0.397 e. The molecule has 0 aliphatic heterocycles. The van der Waals surface area contributed by atoms with Crippen molar-refractivity contribution >= 4 is 28.7 Å². The molecule has 0 unspecified atom stereocenters. The molecule has 6 heterocycles. The van der Waals surface area contributed by atoms with Crippen molar-refractivity contribution in [3.63, 3.8) is 0 Å². The molecule has 4 aliphatic carbocycles. The van der Waals surface area contributed by atoms with Crippen LogP contribution in [-0.4, -0.2) is 69.5 Å². The summed E-state index contributed by atoms with van der Waals surface area (Å²) in [6.45, 7) is 9.85. The highest BCUT2D eigenvalue weighted by atomic mass is 16.5. The van der Waals surface area contributed by atoms with E-state index in [9.17, 15) is 0 Å². The predicted octanol–water partition coefficient (Wildman–Crippen LogP) is 12.1. The molecule has 17 nitrogen and oxygen atoms in total. The molecule has 0 atom stereocenters. The van der Waals surface area contributed by atoms with Gasteiger partial charge in [0, 0.05) is 42.8 Å². The lowest BCUT2D eigenvalue weighted by atomic mass is 9.86. The summed E-state index contributed by atoms with van der Waals surface area (Å²) >= 11 is 0. The zero-order valence-corrected chi connectivity index (χ0v) is 41.5. The van der Waals surface area contributed by atoms with Gasteiger partial charge < -0.3 is 40.6 Å². The minimum atomic E-state index is 0.424. The average Bonchev–Trinajstić information content (AvgIpc) is 4.25. The molecule has 0 spiro atoms. The van der Waals surface area contributed by atoms with Crippen LogP contribution in [0, 0.1) is 26.7 Å². The highest BCUT2D eigenvalue weighted by Gasteiger charge is 2.23. The Morgan fingerprint density at radius 1 is 0.522 bits per heavy atom. The number of nitrogens with zero attached hydrogens (tertiary/aromatic N) is 9. The third-order valence-corrected chi connectivity index (χ3v) is 14.0. The second-order valence-electron chi connectivity index (χ2n) is 19.5. The van der Waals surface area contributed by atoms with Crippen LogP contribution in [0.1, 0.15) is 165 Å². The maximum Gasteiger partial charge on any atom is 0.259 e. The quantitative estimate of drug-likeness (QED) is 0.0644. The van der Waals surface area contributed by atoms with E-state index in [-0.39, 0.29) is 0 Å². The van der Waals surface area contributed by atoms with E-state index in [2.05, 4.69) is 92.6 Å². The molecule has 69 heavy (non-hydrogen) atoms. The second kappa shape index (κ2) is 24.4. The van der Waals surface area contributed by atoms with Gasteiger partial charge in [-0.2, -0.15) is 15.0 Å². The summed E-state index contributed by atoms with van der Waals surface area (Å²) < 4.78 is 15.7. The van der Waals surface area contributed by atoms with Crippen molar-refractivity contribution in [3.8, 4) is 34.4 Å². The number of pyridine rings is 3. The summed E-state index contributed by atoms with van der Waals surface area (Å²) in [5.41, 5.74) is 12.4. The van der Waals surface area contributed by atoms with Crippen molar-refractivity contribution < 1.29 is 13.6 Å². The number of anilines is 5.